The molecule has 1 rings (SSSR count). The van der Waals surface area contributed by atoms with Gasteiger partial charge in [0.1, 0.15) is 28.2 Å². The van der Waals surface area contributed by atoms with Crippen molar-refractivity contribution >= 4 is 23.2 Å². The second-order valence-electron chi connectivity index (χ2n) is 2.12. The summed E-state index contributed by atoms with van der Waals surface area (Å²) >= 11 is 11.4. The lowest BCUT2D eigenvalue weighted by atomic mass is 10.3. The van der Waals surface area contributed by atoms with Gasteiger partial charge in [0.2, 0.25) is 0 Å². The molecular weight excluding hydrogens is 199 g/mol. The van der Waals surface area contributed by atoms with E-state index in [4.69, 9.17) is 39.1 Å². The van der Waals surface area contributed by atoms with E-state index in [9.17, 15) is 0 Å². The molecule has 0 unspecified atom stereocenters. The molecule has 0 aliphatic heterocycles. The summed E-state index contributed by atoms with van der Waals surface area (Å²) in [5, 5.41) is 9.27. The van der Waals surface area contributed by atoms with Crippen LogP contribution in [0, 0.1) is 12.3 Å². The Bertz CT molecular complexity index is 323. The molecule has 0 radical (unpaired) electrons. The van der Waals surface area contributed by atoms with Crippen molar-refractivity contribution in [2.45, 2.75) is 13.0 Å². The van der Waals surface area contributed by atoms with Crippen molar-refractivity contribution < 1.29 is 9.52 Å². The summed E-state index contributed by atoms with van der Waals surface area (Å²) in [6.45, 7) is -0.275. The van der Waals surface area contributed by atoms with Gasteiger partial charge in [0.15, 0.2) is 0 Å². The van der Waals surface area contributed by atoms with Gasteiger partial charge in [0, 0.05) is 0 Å². The summed E-state index contributed by atoms with van der Waals surface area (Å²) in [5.41, 5.74) is 0. The molecule has 0 aliphatic carbocycles. The Labute approximate surface area is 80.1 Å². The fraction of sp³-hybridized carbons (Fsp3) is 0.250. The van der Waals surface area contributed by atoms with Gasteiger partial charge in [-0.15, -0.1) is 6.42 Å². The summed E-state index contributed by atoms with van der Waals surface area (Å²) < 4.78 is 5.08. The standard InChI is InChI=1S/C8H6Cl2O2/c1-2-3-5-7(9)8(10)6(4-11)12-5/h1,11H,3-4H2. The molecule has 64 valence electrons. The zero-order valence-electron chi connectivity index (χ0n) is 6.10. The number of halogens is 2. The number of furan rings is 1. The van der Waals surface area contributed by atoms with Gasteiger partial charge < -0.3 is 9.52 Å². The number of hydrogen-bond acceptors (Lipinski definition) is 2. The fourth-order valence-electron chi connectivity index (χ4n) is 0.791. The molecule has 0 atom stereocenters. The topological polar surface area (TPSA) is 33.4 Å². The van der Waals surface area contributed by atoms with E-state index in [0.29, 0.717) is 10.8 Å². The minimum absolute atomic E-state index is 0.240. The van der Waals surface area contributed by atoms with E-state index in [0.717, 1.165) is 0 Å². The Morgan fingerprint density at radius 2 is 1.92 bits per heavy atom. The van der Waals surface area contributed by atoms with Gasteiger partial charge >= 0.3 is 0 Å². The van der Waals surface area contributed by atoms with Crippen LogP contribution in [0.25, 0.3) is 0 Å². The highest BCUT2D eigenvalue weighted by molar-refractivity contribution is 6.42. The smallest absolute Gasteiger partial charge is 0.149 e. The monoisotopic (exact) mass is 204 g/mol. The van der Waals surface area contributed by atoms with Crippen molar-refractivity contribution in [2.75, 3.05) is 0 Å². The maximum absolute atomic E-state index is 8.74. The van der Waals surface area contributed by atoms with Crippen molar-refractivity contribution in [2.24, 2.45) is 0 Å². The highest BCUT2D eigenvalue weighted by Gasteiger charge is 2.15. The average molecular weight is 205 g/mol. The molecule has 0 spiro atoms. The van der Waals surface area contributed by atoms with E-state index >= 15 is 0 Å². The minimum Gasteiger partial charge on any atom is -0.459 e. The Morgan fingerprint density at radius 1 is 1.33 bits per heavy atom. The van der Waals surface area contributed by atoms with E-state index in [2.05, 4.69) is 5.92 Å². The lowest BCUT2D eigenvalue weighted by Gasteiger charge is -1.87. The molecule has 1 heterocycles. The molecule has 1 N–H and O–H groups in total. The number of hydrogen-bond donors (Lipinski definition) is 1. The van der Waals surface area contributed by atoms with Gasteiger partial charge in [-0.25, -0.2) is 0 Å². The molecule has 0 fully saturated rings. The first-order chi connectivity index (χ1) is 5.70. The van der Waals surface area contributed by atoms with Gasteiger partial charge in [-0.2, -0.15) is 0 Å². The second kappa shape index (κ2) is 3.86. The van der Waals surface area contributed by atoms with Crippen LogP contribution in [-0.4, -0.2) is 5.11 Å². The molecule has 0 aliphatic rings. The number of terminal acetylenes is 1. The lowest BCUT2D eigenvalue weighted by molar-refractivity contribution is 0.244. The first kappa shape index (κ1) is 9.47. The van der Waals surface area contributed by atoms with Gasteiger partial charge in [0.25, 0.3) is 0 Å². The normalized spacial score (nSPS) is 9.83. The van der Waals surface area contributed by atoms with Crippen LogP contribution in [0.1, 0.15) is 11.5 Å². The minimum atomic E-state index is -0.275. The average Bonchev–Trinajstić information content (AvgIpc) is 2.33. The molecule has 1 aromatic heterocycles. The van der Waals surface area contributed by atoms with Crippen LogP contribution in [0.2, 0.25) is 10.0 Å². The lowest BCUT2D eigenvalue weighted by Crippen LogP contribution is -1.77. The number of rotatable bonds is 2. The first-order valence-electron chi connectivity index (χ1n) is 3.20. The third-order valence-electron chi connectivity index (χ3n) is 1.33. The van der Waals surface area contributed by atoms with Crippen molar-refractivity contribution in [3.05, 3.63) is 21.6 Å². The van der Waals surface area contributed by atoms with Crippen LogP contribution in [0.3, 0.4) is 0 Å². The van der Waals surface area contributed by atoms with Crippen LogP contribution in [0.5, 0.6) is 0 Å². The third-order valence-corrected chi connectivity index (χ3v) is 2.23. The summed E-state index contributed by atoms with van der Waals surface area (Å²) in [7, 11) is 0. The maximum Gasteiger partial charge on any atom is 0.149 e. The SMILES string of the molecule is C#CCc1oc(CO)c(Cl)c1Cl. The van der Waals surface area contributed by atoms with Crippen LogP contribution in [-0.2, 0) is 13.0 Å². The highest BCUT2D eigenvalue weighted by Crippen LogP contribution is 2.32. The molecule has 0 bridgehead atoms. The Balaban J connectivity index is 3.09. The Morgan fingerprint density at radius 3 is 2.33 bits per heavy atom. The summed E-state index contributed by atoms with van der Waals surface area (Å²) in [5.74, 6) is 3.05. The molecule has 0 saturated carbocycles. The van der Waals surface area contributed by atoms with Gasteiger partial charge in [-0.3, -0.25) is 0 Å². The third kappa shape index (κ3) is 1.59. The fourth-order valence-corrected chi connectivity index (χ4v) is 1.21. The van der Waals surface area contributed by atoms with E-state index in [1.807, 2.05) is 0 Å². The molecule has 4 heteroatoms. The molecule has 2 nitrogen and oxygen atoms in total. The first-order valence-corrected chi connectivity index (χ1v) is 3.96. The van der Waals surface area contributed by atoms with Gasteiger partial charge in [0.05, 0.1) is 6.42 Å². The van der Waals surface area contributed by atoms with Crippen molar-refractivity contribution in [3.63, 3.8) is 0 Å². The van der Waals surface area contributed by atoms with Crippen LogP contribution in [0.15, 0.2) is 4.42 Å². The Hall–Kier alpha value is -0.620. The molecule has 0 saturated heterocycles. The molecule has 0 amide bonds. The second-order valence-corrected chi connectivity index (χ2v) is 2.87. The molecule has 0 aromatic carbocycles. The summed E-state index contributed by atoms with van der Waals surface area (Å²) in [6, 6.07) is 0. The van der Waals surface area contributed by atoms with Crippen LogP contribution in [0.4, 0.5) is 0 Å². The van der Waals surface area contributed by atoms with Crippen LogP contribution >= 0.6 is 23.2 Å². The maximum atomic E-state index is 8.74. The number of aliphatic hydroxyl groups is 1. The zero-order chi connectivity index (χ0) is 9.14. The summed E-state index contributed by atoms with van der Waals surface area (Å²) in [4.78, 5) is 0. The predicted molar refractivity (Wildman–Crippen MR) is 47.2 cm³/mol. The zero-order valence-corrected chi connectivity index (χ0v) is 7.61. The van der Waals surface area contributed by atoms with Gasteiger partial charge in [-0.05, 0) is 0 Å². The van der Waals surface area contributed by atoms with Crippen molar-refractivity contribution in [1.29, 1.82) is 0 Å². The van der Waals surface area contributed by atoms with E-state index < -0.39 is 0 Å². The van der Waals surface area contributed by atoms with E-state index in [1.54, 1.807) is 0 Å². The van der Waals surface area contributed by atoms with Crippen molar-refractivity contribution in [1.82, 2.24) is 0 Å². The Kier molecular flexibility index (Phi) is 3.05. The highest BCUT2D eigenvalue weighted by atomic mass is 35.5. The summed E-state index contributed by atoms with van der Waals surface area (Å²) in [6.07, 6.45) is 5.33. The van der Waals surface area contributed by atoms with E-state index in [1.165, 1.54) is 0 Å². The van der Waals surface area contributed by atoms with Crippen LogP contribution < -0.4 is 0 Å². The number of aliphatic hydroxyl groups excluding tert-OH is 1. The quantitative estimate of drug-likeness (QED) is 0.751. The predicted octanol–water partition coefficient (Wildman–Crippen LogP) is 2.25. The largest absolute Gasteiger partial charge is 0.459 e. The molecular formula is C8H6Cl2O2. The van der Waals surface area contributed by atoms with Gasteiger partial charge in [-0.1, -0.05) is 29.1 Å². The molecule has 1 aromatic rings. The van der Waals surface area contributed by atoms with E-state index in [-0.39, 0.29) is 23.8 Å². The molecule has 12 heavy (non-hydrogen) atoms. The van der Waals surface area contributed by atoms with Crippen molar-refractivity contribution in [3.8, 4) is 12.3 Å².